The first-order valence-electron chi connectivity index (χ1n) is 7.65. The summed E-state index contributed by atoms with van der Waals surface area (Å²) in [6, 6.07) is 0.279. The van der Waals surface area contributed by atoms with E-state index in [2.05, 4.69) is 31.4 Å². The molecular weight excluding hydrogens is 254 g/mol. The summed E-state index contributed by atoms with van der Waals surface area (Å²) >= 11 is 0. The van der Waals surface area contributed by atoms with Gasteiger partial charge in [0.25, 0.3) is 0 Å². The molecule has 2 rings (SSSR count). The molecule has 1 heterocycles. The molecule has 4 N–H and O–H groups in total. The van der Waals surface area contributed by atoms with Gasteiger partial charge < -0.3 is 16.4 Å². The molecule has 1 saturated heterocycles. The first-order valence-corrected chi connectivity index (χ1v) is 7.65. The van der Waals surface area contributed by atoms with E-state index in [0.29, 0.717) is 18.9 Å². The van der Waals surface area contributed by atoms with Crippen LogP contribution in [-0.4, -0.2) is 30.4 Å². The Labute approximate surface area is 121 Å². The number of carbonyl (C=O) groups is 2. The number of rotatable bonds is 3. The highest BCUT2D eigenvalue weighted by Crippen LogP contribution is 2.44. The molecule has 1 saturated carbocycles. The van der Waals surface area contributed by atoms with Crippen molar-refractivity contribution in [3.63, 3.8) is 0 Å². The third-order valence-corrected chi connectivity index (χ3v) is 5.43. The van der Waals surface area contributed by atoms with Gasteiger partial charge in [-0.3, -0.25) is 9.59 Å². The second kappa shape index (κ2) is 5.72. The predicted octanol–water partition coefficient (Wildman–Crippen LogP) is 0.781. The van der Waals surface area contributed by atoms with Crippen LogP contribution in [0.1, 0.15) is 46.5 Å². The van der Waals surface area contributed by atoms with Crippen molar-refractivity contribution in [3.05, 3.63) is 0 Å². The molecule has 0 aromatic rings. The molecule has 20 heavy (non-hydrogen) atoms. The van der Waals surface area contributed by atoms with Gasteiger partial charge in [-0.1, -0.05) is 20.8 Å². The molecule has 0 spiro atoms. The smallest absolute Gasteiger partial charge is 0.223 e. The number of amides is 2. The zero-order valence-corrected chi connectivity index (χ0v) is 12.7. The Kier molecular flexibility index (Phi) is 4.37. The Bertz CT molecular complexity index is 395. The lowest BCUT2D eigenvalue weighted by atomic mass is 9.61. The van der Waals surface area contributed by atoms with E-state index in [9.17, 15) is 9.59 Å². The lowest BCUT2D eigenvalue weighted by molar-refractivity contribution is -0.132. The average Bonchev–Trinajstić information content (AvgIpc) is 2.79. The van der Waals surface area contributed by atoms with Gasteiger partial charge >= 0.3 is 0 Å². The summed E-state index contributed by atoms with van der Waals surface area (Å²) in [4.78, 5) is 23.6. The van der Waals surface area contributed by atoms with Gasteiger partial charge in [0.1, 0.15) is 0 Å². The van der Waals surface area contributed by atoms with Crippen molar-refractivity contribution in [1.29, 1.82) is 0 Å². The zero-order chi connectivity index (χ0) is 14.9. The monoisotopic (exact) mass is 281 g/mol. The Morgan fingerprint density at radius 2 is 2.10 bits per heavy atom. The summed E-state index contributed by atoms with van der Waals surface area (Å²) in [5.41, 5.74) is 6.04. The minimum Gasteiger partial charge on any atom is -0.354 e. The van der Waals surface area contributed by atoms with Crippen molar-refractivity contribution in [2.45, 2.75) is 58.5 Å². The SMILES string of the molecule is CC1C(N)CCC(C(=O)NCC2CCC(=O)N2)C1(C)C. The normalized spacial score (nSPS) is 36.5. The molecule has 0 bridgehead atoms. The average molecular weight is 281 g/mol. The summed E-state index contributed by atoms with van der Waals surface area (Å²) in [5.74, 6) is 0.532. The first kappa shape index (κ1) is 15.3. The summed E-state index contributed by atoms with van der Waals surface area (Å²) in [6.45, 7) is 6.95. The van der Waals surface area contributed by atoms with E-state index >= 15 is 0 Å². The molecule has 4 atom stereocenters. The maximum absolute atomic E-state index is 12.4. The van der Waals surface area contributed by atoms with Gasteiger partial charge in [0.2, 0.25) is 11.8 Å². The largest absolute Gasteiger partial charge is 0.354 e. The lowest BCUT2D eigenvalue weighted by Gasteiger charge is -2.46. The first-order chi connectivity index (χ1) is 9.32. The third kappa shape index (κ3) is 2.97. The van der Waals surface area contributed by atoms with Gasteiger partial charge in [-0.25, -0.2) is 0 Å². The Hall–Kier alpha value is -1.10. The van der Waals surface area contributed by atoms with Crippen LogP contribution in [0, 0.1) is 17.3 Å². The van der Waals surface area contributed by atoms with Crippen molar-refractivity contribution < 1.29 is 9.59 Å². The van der Waals surface area contributed by atoms with Crippen LogP contribution in [0.15, 0.2) is 0 Å². The summed E-state index contributed by atoms with van der Waals surface area (Å²) in [6.07, 6.45) is 3.14. The molecular formula is C15H27N3O2. The molecule has 1 aliphatic heterocycles. The van der Waals surface area contributed by atoms with E-state index < -0.39 is 0 Å². The van der Waals surface area contributed by atoms with Crippen LogP contribution >= 0.6 is 0 Å². The van der Waals surface area contributed by atoms with E-state index in [-0.39, 0.29) is 35.2 Å². The van der Waals surface area contributed by atoms with Gasteiger partial charge in [-0.2, -0.15) is 0 Å². The standard InChI is InChI=1S/C15H27N3O2/c1-9-12(16)6-5-11(15(9,2)3)14(20)17-8-10-4-7-13(19)18-10/h9-12H,4-8,16H2,1-3H3,(H,17,20)(H,18,19). The maximum Gasteiger partial charge on any atom is 0.223 e. The van der Waals surface area contributed by atoms with Crippen LogP contribution in [-0.2, 0) is 9.59 Å². The predicted molar refractivity (Wildman–Crippen MR) is 77.8 cm³/mol. The molecule has 0 radical (unpaired) electrons. The zero-order valence-electron chi connectivity index (χ0n) is 12.7. The molecule has 5 heteroatoms. The molecule has 4 unspecified atom stereocenters. The number of nitrogens with one attached hydrogen (secondary N) is 2. The third-order valence-electron chi connectivity index (χ3n) is 5.43. The minimum absolute atomic E-state index is 0.00871. The number of carbonyl (C=O) groups excluding carboxylic acids is 2. The number of hydrogen-bond acceptors (Lipinski definition) is 3. The van der Waals surface area contributed by atoms with Gasteiger partial charge in [0.15, 0.2) is 0 Å². The highest BCUT2D eigenvalue weighted by molar-refractivity contribution is 5.80. The van der Waals surface area contributed by atoms with E-state index in [1.54, 1.807) is 0 Å². The Balaban J connectivity index is 1.90. The Morgan fingerprint density at radius 3 is 2.70 bits per heavy atom. The van der Waals surface area contributed by atoms with E-state index in [0.717, 1.165) is 19.3 Å². The highest BCUT2D eigenvalue weighted by atomic mass is 16.2. The summed E-state index contributed by atoms with van der Waals surface area (Å²) < 4.78 is 0. The fourth-order valence-electron chi connectivity index (χ4n) is 3.50. The molecule has 0 aromatic carbocycles. The molecule has 2 fully saturated rings. The van der Waals surface area contributed by atoms with Crippen molar-refractivity contribution >= 4 is 11.8 Å². The van der Waals surface area contributed by atoms with Crippen molar-refractivity contribution in [2.75, 3.05) is 6.54 Å². The van der Waals surface area contributed by atoms with E-state index in [1.807, 2.05) is 0 Å². The van der Waals surface area contributed by atoms with Crippen molar-refractivity contribution in [3.8, 4) is 0 Å². The van der Waals surface area contributed by atoms with Crippen LogP contribution in [0.4, 0.5) is 0 Å². The van der Waals surface area contributed by atoms with Gasteiger partial charge in [0.05, 0.1) is 0 Å². The fourth-order valence-corrected chi connectivity index (χ4v) is 3.50. The Morgan fingerprint density at radius 1 is 1.40 bits per heavy atom. The quantitative estimate of drug-likeness (QED) is 0.715. The molecule has 2 amide bonds. The van der Waals surface area contributed by atoms with Gasteiger partial charge in [-0.15, -0.1) is 0 Å². The van der Waals surface area contributed by atoms with Crippen molar-refractivity contribution in [2.24, 2.45) is 23.0 Å². The molecule has 2 aliphatic rings. The van der Waals surface area contributed by atoms with Crippen molar-refractivity contribution in [1.82, 2.24) is 10.6 Å². The highest BCUT2D eigenvalue weighted by Gasteiger charge is 2.45. The number of hydrogen-bond donors (Lipinski definition) is 3. The fraction of sp³-hybridized carbons (Fsp3) is 0.867. The molecule has 114 valence electrons. The topological polar surface area (TPSA) is 84.2 Å². The molecule has 5 nitrogen and oxygen atoms in total. The van der Waals surface area contributed by atoms with E-state index in [1.165, 1.54) is 0 Å². The summed E-state index contributed by atoms with van der Waals surface area (Å²) in [7, 11) is 0. The van der Waals surface area contributed by atoms with Gasteiger partial charge in [0, 0.05) is 31.0 Å². The van der Waals surface area contributed by atoms with Gasteiger partial charge in [-0.05, 0) is 30.6 Å². The lowest BCUT2D eigenvalue weighted by Crippen LogP contribution is -2.52. The molecule has 1 aliphatic carbocycles. The maximum atomic E-state index is 12.4. The van der Waals surface area contributed by atoms with E-state index in [4.69, 9.17) is 5.73 Å². The second-order valence-corrected chi connectivity index (χ2v) is 6.95. The van der Waals surface area contributed by atoms with Crippen LogP contribution in [0.2, 0.25) is 0 Å². The van der Waals surface area contributed by atoms with Crippen LogP contribution < -0.4 is 16.4 Å². The molecule has 0 aromatic heterocycles. The number of nitrogens with two attached hydrogens (primary N) is 1. The van der Waals surface area contributed by atoms with Crippen LogP contribution in [0.5, 0.6) is 0 Å². The van der Waals surface area contributed by atoms with Crippen LogP contribution in [0.3, 0.4) is 0 Å². The second-order valence-electron chi connectivity index (χ2n) is 6.95. The minimum atomic E-state index is -0.0827. The van der Waals surface area contributed by atoms with Crippen LogP contribution in [0.25, 0.3) is 0 Å². The summed E-state index contributed by atoms with van der Waals surface area (Å²) in [5, 5.41) is 5.89.